The summed E-state index contributed by atoms with van der Waals surface area (Å²) in [4.78, 5) is 3.45. The fraction of sp³-hybridized carbons (Fsp3) is 0.263. The van der Waals surface area contributed by atoms with E-state index in [4.69, 9.17) is 15.2 Å². The number of methoxy groups -OCH3 is 2. The standard InChI is InChI=1S/C19H22N2O2/c1-12-18(15-6-4-5-7-16(15)21-12)14-10-13(8-9-20)19(23-3)17(11-14)22-2/h4-7,10-11,21H,8-9,20H2,1-3H3. The summed E-state index contributed by atoms with van der Waals surface area (Å²) in [6.07, 6.45) is 0.745. The van der Waals surface area contributed by atoms with Gasteiger partial charge in [0.2, 0.25) is 0 Å². The van der Waals surface area contributed by atoms with E-state index in [1.54, 1.807) is 14.2 Å². The normalized spacial score (nSPS) is 11.0. The number of aryl methyl sites for hydroxylation is 1. The van der Waals surface area contributed by atoms with Crippen molar-refractivity contribution in [3.63, 3.8) is 0 Å². The van der Waals surface area contributed by atoms with Crippen LogP contribution in [0, 0.1) is 6.92 Å². The zero-order valence-corrected chi connectivity index (χ0v) is 13.8. The minimum atomic E-state index is 0.565. The van der Waals surface area contributed by atoms with Gasteiger partial charge in [0.1, 0.15) is 0 Å². The van der Waals surface area contributed by atoms with Crippen molar-refractivity contribution < 1.29 is 9.47 Å². The molecule has 0 radical (unpaired) electrons. The number of nitrogens with one attached hydrogen (secondary N) is 1. The van der Waals surface area contributed by atoms with E-state index in [0.29, 0.717) is 6.54 Å². The van der Waals surface area contributed by atoms with Gasteiger partial charge in [0.15, 0.2) is 11.5 Å². The number of benzene rings is 2. The summed E-state index contributed by atoms with van der Waals surface area (Å²) in [6.45, 7) is 2.66. The predicted molar refractivity (Wildman–Crippen MR) is 94.3 cm³/mol. The average molecular weight is 310 g/mol. The van der Waals surface area contributed by atoms with E-state index in [2.05, 4.69) is 36.2 Å². The molecule has 3 aromatic rings. The van der Waals surface area contributed by atoms with E-state index in [0.717, 1.165) is 40.3 Å². The van der Waals surface area contributed by atoms with Crippen molar-refractivity contribution in [2.24, 2.45) is 5.73 Å². The van der Waals surface area contributed by atoms with Crippen LogP contribution in [-0.2, 0) is 6.42 Å². The fourth-order valence-electron chi connectivity index (χ4n) is 3.18. The molecule has 23 heavy (non-hydrogen) atoms. The molecule has 0 aliphatic heterocycles. The number of H-pyrrole nitrogens is 1. The number of fused-ring (bicyclic) bond motifs is 1. The lowest BCUT2D eigenvalue weighted by Crippen LogP contribution is -2.05. The van der Waals surface area contributed by atoms with E-state index in [1.807, 2.05) is 12.1 Å². The number of aromatic nitrogens is 1. The van der Waals surface area contributed by atoms with E-state index >= 15 is 0 Å². The Labute approximate surface area is 136 Å². The summed E-state index contributed by atoms with van der Waals surface area (Å²) in [7, 11) is 3.32. The second-order valence-corrected chi connectivity index (χ2v) is 5.58. The lowest BCUT2D eigenvalue weighted by Gasteiger charge is -2.15. The van der Waals surface area contributed by atoms with Gasteiger partial charge in [-0.1, -0.05) is 18.2 Å². The molecule has 0 saturated carbocycles. The first-order chi connectivity index (χ1) is 11.2. The monoisotopic (exact) mass is 310 g/mol. The van der Waals surface area contributed by atoms with Crippen molar-refractivity contribution in [1.82, 2.24) is 4.98 Å². The zero-order chi connectivity index (χ0) is 16.4. The molecule has 0 spiro atoms. The second-order valence-electron chi connectivity index (χ2n) is 5.58. The van der Waals surface area contributed by atoms with Gasteiger partial charge in [-0.05, 0) is 49.2 Å². The van der Waals surface area contributed by atoms with E-state index in [1.165, 1.54) is 10.9 Å². The van der Waals surface area contributed by atoms with Crippen molar-refractivity contribution in [3.8, 4) is 22.6 Å². The Morgan fingerprint density at radius 1 is 1.09 bits per heavy atom. The summed E-state index contributed by atoms with van der Waals surface area (Å²) in [5, 5.41) is 1.20. The van der Waals surface area contributed by atoms with Crippen LogP contribution in [-0.4, -0.2) is 25.7 Å². The van der Waals surface area contributed by atoms with Gasteiger partial charge < -0.3 is 20.2 Å². The lowest BCUT2D eigenvalue weighted by atomic mass is 9.98. The van der Waals surface area contributed by atoms with Crippen LogP contribution in [0.4, 0.5) is 0 Å². The molecule has 0 atom stereocenters. The van der Waals surface area contributed by atoms with Crippen molar-refractivity contribution in [2.75, 3.05) is 20.8 Å². The molecule has 3 rings (SSSR count). The number of nitrogens with two attached hydrogens (primary N) is 1. The van der Waals surface area contributed by atoms with Gasteiger partial charge in [-0.25, -0.2) is 0 Å². The first-order valence-corrected chi connectivity index (χ1v) is 7.72. The zero-order valence-electron chi connectivity index (χ0n) is 13.8. The van der Waals surface area contributed by atoms with Gasteiger partial charge in [-0.3, -0.25) is 0 Å². The predicted octanol–water partition coefficient (Wildman–Crippen LogP) is 3.66. The third-order valence-electron chi connectivity index (χ3n) is 4.15. The number of aromatic amines is 1. The maximum absolute atomic E-state index is 5.76. The van der Waals surface area contributed by atoms with Crippen molar-refractivity contribution in [1.29, 1.82) is 0 Å². The molecule has 2 aromatic carbocycles. The van der Waals surface area contributed by atoms with Gasteiger partial charge in [-0.15, -0.1) is 0 Å². The second kappa shape index (κ2) is 6.34. The summed E-state index contributed by atoms with van der Waals surface area (Å²) in [5.41, 5.74) is 11.4. The molecule has 120 valence electrons. The molecule has 1 heterocycles. The molecule has 0 bridgehead atoms. The van der Waals surface area contributed by atoms with Crippen LogP contribution in [0.5, 0.6) is 11.5 Å². The maximum atomic E-state index is 5.76. The average Bonchev–Trinajstić information content (AvgIpc) is 2.90. The molecule has 0 aliphatic carbocycles. The summed E-state index contributed by atoms with van der Waals surface area (Å²) < 4.78 is 11.1. The third-order valence-corrected chi connectivity index (χ3v) is 4.15. The number of hydrogen-bond donors (Lipinski definition) is 2. The SMILES string of the molecule is COc1cc(-c2c(C)[nH]c3ccccc23)cc(CCN)c1OC. The Morgan fingerprint density at radius 2 is 1.87 bits per heavy atom. The van der Waals surface area contributed by atoms with Crippen LogP contribution in [0.1, 0.15) is 11.3 Å². The Hall–Kier alpha value is -2.46. The van der Waals surface area contributed by atoms with Gasteiger partial charge in [-0.2, -0.15) is 0 Å². The molecule has 0 amide bonds. The van der Waals surface area contributed by atoms with Crippen LogP contribution in [0.15, 0.2) is 36.4 Å². The third kappa shape index (κ3) is 2.66. The highest BCUT2D eigenvalue weighted by Crippen LogP contribution is 2.40. The van der Waals surface area contributed by atoms with E-state index in [-0.39, 0.29) is 0 Å². The molecule has 1 aromatic heterocycles. The summed E-state index contributed by atoms with van der Waals surface area (Å²) in [6, 6.07) is 12.5. The molecular formula is C19H22N2O2. The Kier molecular flexibility index (Phi) is 4.26. The highest BCUT2D eigenvalue weighted by atomic mass is 16.5. The fourth-order valence-corrected chi connectivity index (χ4v) is 3.18. The van der Waals surface area contributed by atoms with Crippen molar-refractivity contribution >= 4 is 10.9 Å². The number of para-hydroxylation sites is 1. The topological polar surface area (TPSA) is 60.3 Å². The van der Waals surface area contributed by atoms with Crippen LogP contribution in [0.25, 0.3) is 22.0 Å². The Morgan fingerprint density at radius 3 is 2.57 bits per heavy atom. The van der Waals surface area contributed by atoms with Crippen LogP contribution in [0.3, 0.4) is 0 Å². The maximum Gasteiger partial charge on any atom is 0.163 e. The van der Waals surface area contributed by atoms with E-state index in [9.17, 15) is 0 Å². The largest absolute Gasteiger partial charge is 0.493 e. The number of rotatable bonds is 5. The molecule has 0 aliphatic rings. The quantitative estimate of drug-likeness (QED) is 0.756. The minimum Gasteiger partial charge on any atom is -0.493 e. The number of ether oxygens (including phenoxy) is 2. The minimum absolute atomic E-state index is 0.565. The Balaban J connectivity index is 2.26. The van der Waals surface area contributed by atoms with Gasteiger partial charge >= 0.3 is 0 Å². The summed E-state index contributed by atoms with van der Waals surface area (Å²) >= 11 is 0. The lowest BCUT2D eigenvalue weighted by molar-refractivity contribution is 0.352. The molecule has 0 saturated heterocycles. The number of hydrogen-bond acceptors (Lipinski definition) is 3. The summed E-state index contributed by atoms with van der Waals surface area (Å²) in [5.74, 6) is 1.50. The highest BCUT2D eigenvalue weighted by molar-refractivity contribution is 5.97. The molecule has 0 fully saturated rings. The van der Waals surface area contributed by atoms with Crippen molar-refractivity contribution in [3.05, 3.63) is 47.7 Å². The Bertz CT molecular complexity index is 837. The van der Waals surface area contributed by atoms with E-state index < -0.39 is 0 Å². The first kappa shape index (κ1) is 15.4. The molecule has 4 nitrogen and oxygen atoms in total. The van der Waals surface area contributed by atoms with Gasteiger partial charge in [0, 0.05) is 22.2 Å². The smallest absolute Gasteiger partial charge is 0.163 e. The first-order valence-electron chi connectivity index (χ1n) is 7.72. The van der Waals surface area contributed by atoms with Crippen LogP contribution < -0.4 is 15.2 Å². The van der Waals surface area contributed by atoms with Crippen LogP contribution in [0.2, 0.25) is 0 Å². The molecule has 4 heteroatoms. The van der Waals surface area contributed by atoms with Gasteiger partial charge in [0.25, 0.3) is 0 Å². The highest BCUT2D eigenvalue weighted by Gasteiger charge is 2.16. The molecule has 0 unspecified atom stereocenters. The van der Waals surface area contributed by atoms with Crippen molar-refractivity contribution in [2.45, 2.75) is 13.3 Å². The van der Waals surface area contributed by atoms with Crippen LogP contribution >= 0.6 is 0 Å². The van der Waals surface area contributed by atoms with Gasteiger partial charge in [0.05, 0.1) is 14.2 Å². The molecular weight excluding hydrogens is 288 g/mol. The molecule has 3 N–H and O–H groups in total.